The smallest absolute Gasteiger partial charge is 0.244 e. The Morgan fingerprint density at radius 1 is 1.00 bits per heavy atom. The summed E-state index contributed by atoms with van der Waals surface area (Å²) in [4.78, 5) is 21.9. The van der Waals surface area contributed by atoms with E-state index in [1.807, 2.05) is 52.3 Å². The lowest BCUT2D eigenvalue weighted by Gasteiger charge is -2.38. The summed E-state index contributed by atoms with van der Waals surface area (Å²) in [5.74, 6) is 0.0886. The Hall–Kier alpha value is -3.71. The van der Waals surface area contributed by atoms with Gasteiger partial charge in [0, 0.05) is 44.2 Å². The summed E-state index contributed by atoms with van der Waals surface area (Å²) < 4.78 is 1.85. The molecule has 1 amide bonds. The molecule has 0 aliphatic carbocycles. The lowest BCUT2D eigenvalue weighted by atomic mass is 10.1. The van der Waals surface area contributed by atoms with Crippen molar-refractivity contribution in [2.45, 2.75) is 19.8 Å². The van der Waals surface area contributed by atoms with E-state index in [2.05, 4.69) is 58.5 Å². The van der Waals surface area contributed by atoms with Gasteiger partial charge in [-0.2, -0.15) is 5.10 Å². The van der Waals surface area contributed by atoms with Crippen LogP contribution in [0.1, 0.15) is 5.56 Å². The van der Waals surface area contributed by atoms with Crippen molar-refractivity contribution < 1.29 is 4.79 Å². The van der Waals surface area contributed by atoms with E-state index >= 15 is 0 Å². The van der Waals surface area contributed by atoms with Gasteiger partial charge in [-0.1, -0.05) is 54.1 Å². The van der Waals surface area contributed by atoms with Gasteiger partial charge in [0.1, 0.15) is 6.54 Å². The second kappa shape index (κ2) is 9.42. The number of aliphatic imine (C=N–C) groups is 1. The fourth-order valence-electron chi connectivity index (χ4n) is 4.33. The molecule has 7 nitrogen and oxygen atoms in total. The van der Waals surface area contributed by atoms with Gasteiger partial charge in [0.2, 0.25) is 5.91 Å². The monoisotopic (exact) mass is 440 g/mol. The Labute approximate surface area is 194 Å². The zero-order valence-corrected chi connectivity index (χ0v) is 18.8. The number of rotatable bonds is 5. The van der Waals surface area contributed by atoms with E-state index in [1.54, 1.807) is 0 Å². The standard InChI is InChI=1S/C26H28N6O/c1-20-7-5-10-22(17-20)23-18-24(21-8-3-2-4-9-21)32(29-23)19-25(33)30-13-15-31(16-14-30)26-27-11-6-12-28-26/h2-12,17-18,26-27H,13-16,19H2,1H3. The van der Waals surface area contributed by atoms with Crippen LogP contribution in [0.4, 0.5) is 0 Å². The van der Waals surface area contributed by atoms with Gasteiger partial charge in [0.05, 0.1) is 11.4 Å². The highest BCUT2D eigenvalue weighted by Crippen LogP contribution is 2.27. The molecule has 2 aliphatic rings. The number of hydrogen-bond donors (Lipinski definition) is 1. The van der Waals surface area contributed by atoms with Crippen LogP contribution >= 0.6 is 0 Å². The second-order valence-corrected chi connectivity index (χ2v) is 8.42. The number of carbonyl (C=O) groups is 1. The molecule has 3 heterocycles. The molecule has 1 N–H and O–H groups in total. The number of allylic oxidation sites excluding steroid dienone is 1. The van der Waals surface area contributed by atoms with Gasteiger partial charge in [0.15, 0.2) is 6.29 Å². The van der Waals surface area contributed by atoms with E-state index < -0.39 is 0 Å². The average molecular weight is 441 g/mol. The van der Waals surface area contributed by atoms with Crippen molar-refractivity contribution in [1.82, 2.24) is 24.9 Å². The van der Waals surface area contributed by atoms with Gasteiger partial charge < -0.3 is 10.2 Å². The summed E-state index contributed by atoms with van der Waals surface area (Å²) in [5, 5.41) is 8.09. The Bertz CT molecular complexity index is 1170. The molecule has 0 bridgehead atoms. The molecule has 1 aromatic heterocycles. The third-order valence-corrected chi connectivity index (χ3v) is 6.12. The molecule has 1 unspecified atom stereocenters. The normalized spacial score (nSPS) is 18.3. The number of aryl methyl sites for hydroxylation is 1. The summed E-state index contributed by atoms with van der Waals surface area (Å²) >= 11 is 0. The molecule has 3 aromatic rings. The fourth-order valence-corrected chi connectivity index (χ4v) is 4.33. The average Bonchev–Trinajstić information content (AvgIpc) is 3.29. The number of amides is 1. The molecule has 0 radical (unpaired) electrons. The summed E-state index contributed by atoms with van der Waals surface area (Å²) in [5.41, 5.74) is 5.12. The molecule has 1 saturated heterocycles. The second-order valence-electron chi connectivity index (χ2n) is 8.42. The third kappa shape index (κ3) is 4.73. The van der Waals surface area contributed by atoms with Gasteiger partial charge in [-0.25, -0.2) is 0 Å². The Morgan fingerprint density at radius 2 is 1.79 bits per heavy atom. The molecule has 2 aromatic carbocycles. The quantitative estimate of drug-likeness (QED) is 0.662. The lowest BCUT2D eigenvalue weighted by molar-refractivity contribution is -0.134. The van der Waals surface area contributed by atoms with Crippen LogP contribution < -0.4 is 5.32 Å². The van der Waals surface area contributed by atoms with Crippen LogP contribution in [0.25, 0.3) is 22.5 Å². The van der Waals surface area contributed by atoms with Gasteiger partial charge in [-0.3, -0.25) is 19.4 Å². The van der Waals surface area contributed by atoms with Crippen molar-refractivity contribution in [3.63, 3.8) is 0 Å². The van der Waals surface area contributed by atoms with E-state index in [0.29, 0.717) is 13.1 Å². The lowest BCUT2D eigenvalue weighted by Crippen LogP contribution is -2.55. The highest BCUT2D eigenvalue weighted by atomic mass is 16.2. The SMILES string of the molecule is Cc1cccc(-c2cc(-c3ccccc3)n(CC(=O)N3CCN(C4N=CC=CN4)CC3)n2)c1. The van der Waals surface area contributed by atoms with Crippen LogP contribution in [0, 0.1) is 6.92 Å². The third-order valence-electron chi connectivity index (χ3n) is 6.12. The van der Waals surface area contributed by atoms with Crippen LogP contribution in [0.3, 0.4) is 0 Å². The topological polar surface area (TPSA) is 65.8 Å². The molecule has 2 aliphatic heterocycles. The minimum atomic E-state index is -0.0417. The van der Waals surface area contributed by atoms with Crippen LogP contribution in [-0.4, -0.2) is 64.2 Å². The number of nitrogens with zero attached hydrogens (tertiary/aromatic N) is 5. The maximum atomic E-state index is 13.2. The maximum absolute atomic E-state index is 13.2. The summed E-state index contributed by atoms with van der Waals surface area (Å²) in [6, 6.07) is 20.5. The molecule has 0 saturated carbocycles. The van der Waals surface area contributed by atoms with Crippen molar-refractivity contribution >= 4 is 12.1 Å². The van der Waals surface area contributed by atoms with Crippen LogP contribution in [-0.2, 0) is 11.3 Å². The van der Waals surface area contributed by atoms with Crippen LogP contribution in [0.5, 0.6) is 0 Å². The molecular weight excluding hydrogens is 412 g/mol. The maximum Gasteiger partial charge on any atom is 0.244 e. The van der Waals surface area contributed by atoms with E-state index in [1.165, 1.54) is 5.56 Å². The molecule has 7 heteroatoms. The number of benzene rings is 2. The first-order valence-electron chi connectivity index (χ1n) is 11.3. The molecule has 33 heavy (non-hydrogen) atoms. The molecular formula is C26H28N6O. The molecule has 1 atom stereocenters. The largest absolute Gasteiger partial charge is 0.358 e. The highest BCUT2D eigenvalue weighted by molar-refractivity contribution is 5.78. The number of nitrogens with one attached hydrogen (secondary N) is 1. The van der Waals surface area contributed by atoms with Gasteiger partial charge in [0.25, 0.3) is 0 Å². The minimum Gasteiger partial charge on any atom is -0.358 e. The summed E-state index contributed by atoms with van der Waals surface area (Å²) in [7, 11) is 0. The Kier molecular flexibility index (Phi) is 6.04. The van der Waals surface area contributed by atoms with E-state index in [0.717, 1.165) is 35.6 Å². The summed E-state index contributed by atoms with van der Waals surface area (Å²) in [6.45, 7) is 5.23. The molecule has 1 fully saturated rings. The number of piperazine rings is 1. The van der Waals surface area contributed by atoms with Crippen LogP contribution in [0.2, 0.25) is 0 Å². The minimum absolute atomic E-state index is 0.0417. The van der Waals surface area contributed by atoms with Gasteiger partial charge >= 0.3 is 0 Å². The zero-order valence-electron chi connectivity index (χ0n) is 18.8. The molecule has 5 rings (SSSR count). The van der Waals surface area contributed by atoms with E-state index in [-0.39, 0.29) is 18.7 Å². The predicted molar refractivity (Wildman–Crippen MR) is 131 cm³/mol. The first-order valence-corrected chi connectivity index (χ1v) is 11.3. The number of carbonyl (C=O) groups excluding carboxylic acids is 1. The van der Waals surface area contributed by atoms with E-state index in [9.17, 15) is 4.79 Å². The van der Waals surface area contributed by atoms with Crippen molar-refractivity contribution in [2.24, 2.45) is 4.99 Å². The van der Waals surface area contributed by atoms with Crippen molar-refractivity contribution in [3.05, 3.63) is 78.5 Å². The molecule has 0 spiro atoms. The number of hydrogen-bond acceptors (Lipinski definition) is 5. The summed E-state index contributed by atoms with van der Waals surface area (Å²) in [6.07, 6.45) is 5.56. The van der Waals surface area contributed by atoms with E-state index in [4.69, 9.17) is 5.10 Å². The highest BCUT2D eigenvalue weighted by Gasteiger charge is 2.26. The van der Waals surface area contributed by atoms with Crippen molar-refractivity contribution in [2.75, 3.05) is 26.2 Å². The van der Waals surface area contributed by atoms with Crippen LogP contribution in [0.15, 0.2) is 77.9 Å². The Balaban J connectivity index is 1.33. The van der Waals surface area contributed by atoms with Gasteiger partial charge in [-0.15, -0.1) is 0 Å². The predicted octanol–water partition coefficient (Wildman–Crippen LogP) is 3.14. The Morgan fingerprint density at radius 3 is 2.52 bits per heavy atom. The number of aromatic nitrogens is 2. The fraction of sp³-hybridized carbons (Fsp3) is 0.269. The first kappa shape index (κ1) is 21.2. The van der Waals surface area contributed by atoms with Gasteiger partial charge in [-0.05, 0) is 30.7 Å². The zero-order chi connectivity index (χ0) is 22.6. The first-order chi connectivity index (χ1) is 16.2. The molecule has 168 valence electrons. The van der Waals surface area contributed by atoms with Crippen molar-refractivity contribution in [1.29, 1.82) is 0 Å². The van der Waals surface area contributed by atoms with Crippen molar-refractivity contribution in [3.8, 4) is 22.5 Å².